The molecule has 3 amide bonds. The molecule has 1 aromatic rings. The Morgan fingerprint density at radius 2 is 2.00 bits per heavy atom. The Morgan fingerprint density at radius 1 is 1.30 bits per heavy atom. The number of nitrogens with one attached hydrogen (secondary N) is 2. The number of carbonyl (C=O) groups excluding carboxylic acids is 2. The molecule has 2 rings (SSSR count). The molecular weight excluding hydrogens is 260 g/mol. The van der Waals surface area contributed by atoms with E-state index in [2.05, 4.69) is 17.2 Å². The van der Waals surface area contributed by atoms with Crippen molar-refractivity contribution in [3.8, 4) is 5.75 Å². The molecule has 0 bridgehead atoms. The fourth-order valence-electron chi connectivity index (χ4n) is 2.05. The first kappa shape index (κ1) is 14.1. The maximum absolute atomic E-state index is 12.1. The molecule has 20 heavy (non-hydrogen) atoms. The summed E-state index contributed by atoms with van der Waals surface area (Å²) in [6.07, 6.45) is 1.58. The highest BCUT2D eigenvalue weighted by atomic mass is 16.5. The van der Waals surface area contributed by atoms with Crippen molar-refractivity contribution in [3.63, 3.8) is 0 Å². The lowest BCUT2D eigenvalue weighted by atomic mass is 9.91. The minimum Gasteiger partial charge on any atom is -0.497 e. The van der Waals surface area contributed by atoms with E-state index in [1.54, 1.807) is 37.5 Å². The van der Waals surface area contributed by atoms with Crippen molar-refractivity contribution in [3.05, 3.63) is 42.5 Å². The van der Waals surface area contributed by atoms with Gasteiger partial charge in [0.25, 0.3) is 5.91 Å². The summed E-state index contributed by atoms with van der Waals surface area (Å²) in [5, 5.41) is 4.87. The van der Waals surface area contributed by atoms with Gasteiger partial charge in [-0.2, -0.15) is 0 Å². The maximum atomic E-state index is 12.1. The van der Waals surface area contributed by atoms with E-state index in [9.17, 15) is 9.59 Å². The average molecular weight is 276 g/mol. The van der Waals surface area contributed by atoms with Crippen molar-refractivity contribution >= 4 is 11.9 Å². The Bertz CT molecular complexity index is 526. The van der Waals surface area contributed by atoms with Crippen LogP contribution in [0, 0.1) is 0 Å². The summed E-state index contributed by atoms with van der Waals surface area (Å²) in [5.74, 6) is 0.234. The van der Waals surface area contributed by atoms with Gasteiger partial charge in [-0.1, -0.05) is 18.2 Å². The number of urea groups is 1. The number of benzene rings is 1. The number of amides is 3. The number of hydrogen-bond acceptors (Lipinski definition) is 4. The molecule has 6 nitrogen and oxygen atoms in total. The molecule has 0 aliphatic carbocycles. The molecule has 6 heteroatoms. The summed E-state index contributed by atoms with van der Waals surface area (Å²) < 4.78 is 10.5. The van der Waals surface area contributed by atoms with Gasteiger partial charge in [0.2, 0.25) is 0 Å². The van der Waals surface area contributed by atoms with Crippen LogP contribution in [0.5, 0.6) is 5.75 Å². The monoisotopic (exact) mass is 276 g/mol. The summed E-state index contributed by atoms with van der Waals surface area (Å²) in [6, 6.07) is 6.36. The van der Waals surface area contributed by atoms with E-state index in [0.717, 1.165) is 0 Å². The largest absolute Gasteiger partial charge is 0.497 e. The third-order valence-corrected chi connectivity index (χ3v) is 3.08. The van der Waals surface area contributed by atoms with Crippen molar-refractivity contribution < 1.29 is 19.1 Å². The molecule has 0 aromatic heterocycles. The standard InChI is InChI=1S/C14H16N2O4/c1-3-8-20-9-14(12(17)15-13(18)16-14)10-4-6-11(19-2)7-5-10/h3-7H,1,8-9H2,2H3,(H2,15,16,17,18). The van der Waals surface area contributed by atoms with E-state index in [1.807, 2.05) is 0 Å². The molecule has 1 heterocycles. The average Bonchev–Trinajstić information content (AvgIpc) is 2.74. The number of hydrogen-bond donors (Lipinski definition) is 2. The SMILES string of the molecule is C=CCOCC1(c2ccc(OC)cc2)NC(=O)NC1=O. The van der Waals surface area contributed by atoms with Crippen LogP contribution in [-0.2, 0) is 15.1 Å². The predicted octanol–water partition coefficient (Wildman–Crippen LogP) is 0.932. The first-order chi connectivity index (χ1) is 9.62. The molecule has 1 aliphatic heterocycles. The van der Waals surface area contributed by atoms with Crippen LogP contribution >= 0.6 is 0 Å². The van der Waals surface area contributed by atoms with Crippen molar-refractivity contribution in [2.75, 3.05) is 20.3 Å². The Balaban J connectivity index is 2.32. The van der Waals surface area contributed by atoms with Gasteiger partial charge in [-0.25, -0.2) is 4.79 Å². The molecular formula is C14H16N2O4. The number of imide groups is 1. The zero-order valence-corrected chi connectivity index (χ0v) is 11.1. The van der Waals surface area contributed by atoms with Gasteiger partial charge in [-0.3, -0.25) is 10.1 Å². The Labute approximate surface area is 116 Å². The first-order valence-corrected chi connectivity index (χ1v) is 6.09. The van der Waals surface area contributed by atoms with Crippen molar-refractivity contribution in [2.45, 2.75) is 5.54 Å². The summed E-state index contributed by atoms with van der Waals surface area (Å²) in [6.45, 7) is 3.87. The van der Waals surface area contributed by atoms with Crippen LogP contribution in [0.15, 0.2) is 36.9 Å². The van der Waals surface area contributed by atoms with Crippen LogP contribution in [-0.4, -0.2) is 32.3 Å². The van der Waals surface area contributed by atoms with Crippen molar-refractivity contribution in [1.82, 2.24) is 10.6 Å². The highest BCUT2D eigenvalue weighted by molar-refractivity contribution is 6.07. The summed E-state index contributed by atoms with van der Waals surface area (Å²) in [5.41, 5.74) is -0.586. The highest BCUT2D eigenvalue weighted by Gasteiger charge is 2.48. The summed E-state index contributed by atoms with van der Waals surface area (Å²) in [7, 11) is 1.56. The van der Waals surface area contributed by atoms with Gasteiger partial charge in [0.1, 0.15) is 5.75 Å². The smallest absolute Gasteiger partial charge is 0.322 e. The first-order valence-electron chi connectivity index (χ1n) is 6.09. The second-order valence-electron chi connectivity index (χ2n) is 4.35. The molecule has 0 saturated carbocycles. The highest BCUT2D eigenvalue weighted by Crippen LogP contribution is 2.27. The summed E-state index contributed by atoms with van der Waals surface area (Å²) in [4.78, 5) is 23.6. The fourth-order valence-corrected chi connectivity index (χ4v) is 2.05. The lowest BCUT2D eigenvalue weighted by Gasteiger charge is -2.26. The van der Waals surface area contributed by atoms with Gasteiger partial charge < -0.3 is 14.8 Å². The molecule has 1 aliphatic rings. The van der Waals surface area contributed by atoms with Crippen LogP contribution in [0.2, 0.25) is 0 Å². The van der Waals surface area contributed by atoms with Gasteiger partial charge in [-0.15, -0.1) is 6.58 Å². The number of rotatable bonds is 6. The molecule has 1 atom stereocenters. The normalized spacial score (nSPS) is 21.2. The lowest BCUT2D eigenvalue weighted by molar-refractivity contribution is -0.126. The third-order valence-electron chi connectivity index (χ3n) is 3.08. The van der Waals surface area contributed by atoms with Gasteiger partial charge in [0, 0.05) is 0 Å². The summed E-state index contributed by atoms with van der Waals surface area (Å²) >= 11 is 0. The Hall–Kier alpha value is -2.34. The van der Waals surface area contributed by atoms with Crippen LogP contribution in [0.25, 0.3) is 0 Å². The van der Waals surface area contributed by atoms with Gasteiger partial charge in [-0.05, 0) is 17.7 Å². The minimum atomic E-state index is -1.22. The lowest BCUT2D eigenvalue weighted by Crippen LogP contribution is -2.47. The number of methoxy groups -OCH3 is 1. The van der Waals surface area contributed by atoms with Crippen LogP contribution in [0.3, 0.4) is 0 Å². The maximum Gasteiger partial charge on any atom is 0.322 e. The molecule has 0 spiro atoms. The zero-order valence-electron chi connectivity index (χ0n) is 11.1. The molecule has 1 unspecified atom stereocenters. The van der Waals surface area contributed by atoms with Gasteiger partial charge in [0.05, 0.1) is 20.3 Å². The van der Waals surface area contributed by atoms with Gasteiger partial charge in [0.15, 0.2) is 5.54 Å². The van der Waals surface area contributed by atoms with E-state index in [-0.39, 0.29) is 6.61 Å². The van der Waals surface area contributed by atoms with Crippen molar-refractivity contribution in [1.29, 1.82) is 0 Å². The quantitative estimate of drug-likeness (QED) is 0.460. The topological polar surface area (TPSA) is 76.7 Å². The van der Waals surface area contributed by atoms with E-state index in [0.29, 0.717) is 17.9 Å². The van der Waals surface area contributed by atoms with E-state index >= 15 is 0 Å². The minimum absolute atomic E-state index is 0.0307. The van der Waals surface area contributed by atoms with Crippen LogP contribution < -0.4 is 15.4 Å². The number of carbonyl (C=O) groups is 2. The molecule has 1 aromatic carbocycles. The zero-order chi connectivity index (χ0) is 14.6. The van der Waals surface area contributed by atoms with Crippen LogP contribution in [0.4, 0.5) is 4.79 Å². The van der Waals surface area contributed by atoms with E-state index in [4.69, 9.17) is 9.47 Å². The second-order valence-corrected chi connectivity index (χ2v) is 4.35. The Kier molecular flexibility index (Phi) is 4.05. The number of ether oxygens (including phenoxy) is 2. The fraction of sp³-hybridized carbons (Fsp3) is 0.286. The third kappa shape index (κ3) is 2.50. The molecule has 0 radical (unpaired) electrons. The molecule has 2 N–H and O–H groups in total. The molecule has 106 valence electrons. The molecule has 1 fully saturated rings. The van der Waals surface area contributed by atoms with Crippen molar-refractivity contribution in [2.24, 2.45) is 0 Å². The molecule has 1 saturated heterocycles. The second kappa shape index (κ2) is 5.75. The van der Waals surface area contributed by atoms with E-state index in [1.165, 1.54) is 0 Å². The van der Waals surface area contributed by atoms with E-state index < -0.39 is 17.5 Å². The van der Waals surface area contributed by atoms with Crippen LogP contribution in [0.1, 0.15) is 5.56 Å². The van der Waals surface area contributed by atoms with Gasteiger partial charge >= 0.3 is 6.03 Å². The Morgan fingerprint density at radius 3 is 2.50 bits per heavy atom. The predicted molar refractivity (Wildman–Crippen MR) is 72.4 cm³/mol.